The molecule has 2 amide bonds. The minimum absolute atomic E-state index is 0.165. The van der Waals surface area contributed by atoms with E-state index in [-0.39, 0.29) is 6.61 Å². The van der Waals surface area contributed by atoms with E-state index in [0.29, 0.717) is 5.56 Å². The number of hydrogen-bond donors (Lipinski definition) is 2. The number of nitrogens with two attached hydrogens (primary N) is 1. The van der Waals surface area contributed by atoms with Crippen LogP contribution in [0.2, 0.25) is 0 Å². The van der Waals surface area contributed by atoms with E-state index in [2.05, 4.69) is 0 Å². The van der Waals surface area contributed by atoms with Crippen molar-refractivity contribution in [2.45, 2.75) is 13.0 Å². The number of carbonyl (C=O) groups is 2. The van der Waals surface area contributed by atoms with Gasteiger partial charge in [0.2, 0.25) is 11.8 Å². The van der Waals surface area contributed by atoms with E-state index in [1.807, 2.05) is 5.32 Å². The summed E-state index contributed by atoms with van der Waals surface area (Å²) >= 11 is 0. The van der Waals surface area contributed by atoms with Crippen LogP contribution in [0.1, 0.15) is 12.0 Å². The fraction of sp³-hybridized carbons (Fsp3) is 0.125. The van der Waals surface area contributed by atoms with Crippen LogP contribution in [0, 0.1) is 17.5 Å². The van der Waals surface area contributed by atoms with E-state index in [1.165, 1.54) is 18.2 Å². The molecule has 0 aliphatic heterocycles. The summed E-state index contributed by atoms with van der Waals surface area (Å²) in [6.07, 6.45) is -0.654. The lowest BCUT2D eigenvalue weighted by Gasteiger charge is -2.11. The number of amides is 2. The molecule has 2 rings (SSSR count). The van der Waals surface area contributed by atoms with Gasteiger partial charge in [-0.2, -0.15) is 0 Å². The Morgan fingerprint density at radius 1 is 1.08 bits per heavy atom. The molecule has 24 heavy (non-hydrogen) atoms. The normalized spacial score (nSPS) is 10.3. The first-order valence-electron chi connectivity index (χ1n) is 6.79. The average Bonchev–Trinajstić information content (AvgIpc) is 2.48. The van der Waals surface area contributed by atoms with Crippen LogP contribution in [0.3, 0.4) is 0 Å². The zero-order valence-corrected chi connectivity index (χ0v) is 12.3. The third-order valence-corrected chi connectivity index (χ3v) is 2.91. The molecular formula is C16H13F3N2O3. The summed E-state index contributed by atoms with van der Waals surface area (Å²) in [6, 6.07) is 6.93. The van der Waals surface area contributed by atoms with Gasteiger partial charge in [0.15, 0.2) is 17.4 Å². The molecule has 8 heteroatoms. The highest BCUT2D eigenvalue weighted by atomic mass is 19.1. The maximum atomic E-state index is 13.9. The van der Waals surface area contributed by atoms with Crippen LogP contribution >= 0.6 is 0 Å². The van der Waals surface area contributed by atoms with E-state index in [0.717, 1.165) is 12.1 Å². The van der Waals surface area contributed by atoms with Crippen molar-refractivity contribution in [3.8, 4) is 5.75 Å². The first kappa shape index (κ1) is 17.3. The Labute approximate surface area is 135 Å². The van der Waals surface area contributed by atoms with Gasteiger partial charge in [0, 0.05) is 12.1 Å². The lowest BCUT2D eigenvalue weighted by molar-refractivity contribution is -0.124. The highest BCUT2D eigenvalue weighted by molar-refractivity contribution is 6.03. The number of anilines is 1. The third-order valence-electron chi connectivity index (χ3n) is 2.91. The molecule has 0 fully saturated rings. The largest absolute Gasteiger partial charge is 0.486 e. The first-order valence-corrected chi connectivity index (χ1v) is 6.79. The standard InChI is InChI=1S/C16H13F3N2O3/c17-10-3-1-2-9(4-10)8-24-14-6-11(18)13(5-12(14)19)21-16(23)7-15(20)22/h1-6H,7-8H2,(H2,20,22)(H,21,23). The third kappa shape index (κ3) is 4.73. The Morgan fingerprint density at radius 2 is 1.83 bits per heavy atom. The molecule has 126 valence electrons. The minimum atomic E-state index is -0.955. The molecule has 0 unspecified atom stereocenters. The van der Waals surface area contributed by atoms with Gasteiger partial charge in [-0.25, -0.2) is 13.2 Å². The van der Waals surface area contributed by atoms with Crippen molar-refractivity contribution < 1.29 is 27.5 Å². The second kappa shape index (κ2) is 7.49. The number of ether oxygens (including phenoxy) is 1. The number of primary amides is 1. The van der Waals surface area contributed by atoms with Crippen molar-refractivity contribution in [1.29, 1.82) is 0 Å². The summed E-state index contributed by atoms with van der Waals surface area (Å²) in [5.41, 5.74) is 4.82. The van der Waals surface area contributed by atoms with Crippen molar-refractivity contribution in [3.05, 3.63) is 59.4 Å². The van der Waals surface area contributed by atoms with Gasteiger partial charge < -0.3 is 15.8 Å². The van der Waals surface area contributed by atoms with Gasteiger partial charge in [0.1, 0.15) is 18.8 Å². The molecule has 3 N–H and O–H groups in total. The number of benzene rings is 2. The molecule has 0 aliphatic carbocycles. The van der Waals surface area contributed by atoms with Gasteiger partial charge in [0.05, 0.1) is 5.69 Å². The smallest absolute Gasteiger partial charge is 0.233 e. The van der Waals surface area contributed by atoms with E-state index < -0.39 is 47.1 Å². The number of carbonyl (C=O) groups excluding carboxylic acids is 2. The van der Waals surface area contributed by atoms with Crippen molar-refractivity contribution in [2.24, 2.45) is 5.73 Å². The highest BCUT2D eigenvalue weighted by Gasteiger charge is 2.14. The van der Waals surface area contributed by atoms with Crippen LogP contribution in [0.5, 0.6) is 5.75 Å². The molecule has 0 spiro atoms. The minimum Gasteiger partial charge on any atom is -0.486 e. The summed E-state index contributed by atoms with van der Waals surface area (Å²) < 4.78 is 45.9. The Balaban J connectivity index is 2.08. The van der Waals surface area contributed by atoms with E-state index >= 15 is 0 Å². The van der Waals surface area contributed by atoms with Crippen molar-refractivity contribution in [1.82, 2.24) is 0 Å². The molecular weight excluding hydrogens is 325 g/mol. The molecule has 5 nitrogen and oxygen atoms in total. The van der Waals surface area contributed by atoms with Gasteiger partial charge in [-0.1, -0.05) is 12.1 Å². The summed E-state index contributed by atoms with van der Waals surface area (Å²) in [5.74, 6) is -4.52. The number of nitrogens with one attached hydrogen (secondary N) is 1. The molecule has 0 heterocycles. The number of rotatable bonds is 6. The molecule has 0 saturated heterocycles. The van der Waals surface area contributed by atoms with Crippen LogP contribution in [0.15, 0.2) is 36.4 Å². The summed E-state index contributed by atoms with van der Waals surface area (Å²) in [4.78, 5) is 21.9. The molecule has 0 bridgehead atoms. The lowest BCUT2D eigenvalue weighted by Crippen LogP contribution is -2.22. The summed E-state index contributed by atoms with van der Waals surface area (Å²) in [6.45, 7) is -0.165. The van der Waals surface area contributed by atoms with Crippen LogP contribution in [-0.2, 0) is 16.2 Å². The monoisotopic (exact) mass is 338 g/mol. The Bertz CT molecular complexity index is 781. The van der Waals surface area contributed by atoms with Gasteiger partial charge >= 0.3 is 0 Å². The summed E-state index contributed by atoms with van der Waals surface area (Å²) in [7, 11) is 0. The first-order chi connectivity index (χ1) is 11.3. The predicted octanol–water partition coefficient (Wildman–Crippen LogP) is 2.50. The van der Waals surface area contributed by atoms with Crippen molar-refractivity contribution in [2.75, 3.05) is 5.32 Å². The Morgan fingerprint density at radius 3 is 2.50 bits per heavy atom. The predicted molar refractivity (Wildman–Crippen MR) is 79.5 cm³/mol. The van der Waals surface area contributed by atoms with Crippen LogP contribution in [0.4, 0.5) is 18.9 Å². The zero-order chi connectivity index (χ0) is 17.7. The molecule has 0 aromatic heterocycles. The van der Waals surface area contributed by atoms with Gasteiger partial charge in [-0.15, -0.1) is 0 Å². The van der Waals surface area contributed by atoms with Crippen LogP contribution in [-0.4, -0.2) is 11.8 Å². The highest BCUT2D eigenvalue weighted by Crippen LogP contribution is 2.26. The topological polar surface area (TPSA) is 81.4 Å². The molecule has 0 atom stereocenters. The quantitative estimate of drug-likeness (QED) is 0.794. The van der Waals surface area contributed by atoms with E-state index in [4.69, 9.17) is 10.5 Å². The van der Waals surface area contributed by atoms with E-state index in [1.54, 1.807) is 6.07 Å². The Kier molecular flexibility index (Phi) is 5.41. The van der Waals surface area contributed by atoms with Crippen molar-refractivity contribution >= 4 is 17.5 Å². The number of halogens is 3. The van der Waals surface area contributed by atoms with Crippen LogP contribution in [0.25, 0.3) is 0 Å². The number of hydrogen-bond acceptors (Lipinski definition) is 3. The SMILES string of the molecule is NC(=O)CC(=O)Nc1cc(F)c(OCc2cccc(F)c2)cc1F. The van der Waals surface area contributed by atoms with Gasteiger partial charge in [0.25, 0.3) is 0 Å². The fourth-order valence-electron chi connectivity index (χ4n) is 1.88. The zero-order valence-electron chi connectivity index (χ0n) is 12.3. The second-order valence-electron chi connectivity index (χ2n) is 4.87. The molecule has 2 aromatic rings. The van der Waals surface area contributed by atoms with E-state index in [9.17, 15) is 22.8 Å². The average molecular weight is 338 g/mol. The summed E-state index contributed by atoms with van der Waals surface area (Å²) in [5, 5.41) is 2.03. The molecule has 2 aromatic carbocycles. The molecule has 0 saturated carbocycles. The van der Waals surface area contributed by atoms with Gasteiger partial charge in [-0.05, 0) is 17.7 Å². The van der Waals surface area contributed by atoms with Gasteiger partial charge in [-0.3, -0.25) is 9.59 Å². The second-order valence-corrected chi connectivity index (χ2v) is 4.87. The molecule has 0 radical (unpaired) electrons. The molecule has 0 aliphatic rings. The maximum absolute atomic E-state index is 13.9. The Hall–Kier alpha value is -3.03. The van der Waals surface area contributed by atoms with Crippen LogP contribution < -0.4 is 15.8 Å². The lowest BCUT2D eigenvalue weighted by atomic mass is 10.2. The fourth-order valence-corrected chi connectivity index (χ4v) is 1.88. The van der Waals surface area contributed by atoms with Crippen molar-refractivity contribution in [3.63, 3.8) is 0 Å². The maximum Gasteiger partial charge on any atom is 0.233 e.